The van der Waals surface area contributed by atoms with Crippen molar-refractivity contribution in [1.82, 2.24) is 5.32 Å². The van der Waals surface area contributed by atoms with E-state index in [1.54, 1.807) is 0 Å². The van der Waals surface area contributed by atoms with Crippen molar-refractivity contribution in [2.75, 3.05) is 6.54 Å². The molecule has 0 radical (unpaired) electrons. The number of nitrogens with one attached hydrogen (secondary N) is 1. The highest BCUT2D eigenvalue weighted by Gasteiger charge is 2.28. The summed E-state index contributed by atoms with van der Waals surface area (Å²) in [5, 5.41) is 2.90. The van der Waals surface area contributed by atoms with Crippen molar-refractivity contribution in [3.63, 3.8) is 0 Å². The molecule has 1 N–H and O–H groups in total. The maximum atomic E-state index is 11.8. The fraction of sp³-hybridized carbons (Fsp3) is 0.812. The molecule has 0 unspecified atom stereocenters. The topological polar surface area (TPSA) is 38.3 Å². The second kappa shape index (κ2) is 8.23. The highest BCUT2D eigenvalue weighted by Crippen LogP contribution is 2.24. The number of rotatable bonds is 7. The molecule has 3 heteroatoms. The van der Waals surface area contributed by atoms with Crippen molar-refractivity contribution in [3.05, 3.63) is 12.2 Å². The van der Waals surface area contributed by atoms with Crippen LogP contribution >= 0.6 is 0 Å². The van der Waals surface area contributed by atoms with Gasteiger partial charge in [-0.05, 0) is 50.9 Å². The van der Waals surface area contributed by atoms with Crippen LogP contribution in [0.3, 0.4) is 0 Å². The zero-order chi connectivity index (χ0) is 14.1. The van der Waals surface area contributed by atoms with E-state index < -0.39 is 0 Å². The summed E-state index contributed by atoms with van der Waals surface area (Å²) in [6.07, 6.45) is 11.5. The third-order valence-corrected chi connectivity index (χ3v) is 4.44. The second-order valence-corrected chi connectivity index (χ2v) is 5.50. The molecule has 0 aromatic carbocycles. The first-order valence-electron chi connectivity index (χ1n) is 7.77. The third-order valence-electron chi connectivity index (χ3n) is 4.44. The lowest BCUT2D eigenvalue weighted by Crippen LogP contribution is -2.38. The molecule has 1 amide bonds. The smallest absolute Gasteiger partial charge is 0.407 e. The van der Waals surface area contributed by atoms with Crippen molar-refractivity contribution < 1.29 is 9.53 Å². The summed E-state index contributed by atoms with van der Waals surface area (Å²) in [6.45, 7) is 6.96. The van der Waals surface area contributed by atoms with Crippen molar-refractivity contribution in [2.45, 2.75) is 71.3 Å². The van der Waals surface area contributed by atoms with E-state index in [0.717, 1.165) is 44.6 Å². The van der Waals surface area contributed by atoms with Gasteiger partial charge in [-0.25, -0.2) is 4.79 Å². The predicted molar refractivity (Wildman–Crippen MR) is 79.2 cm³/mol. The van der Waals surface area contributed by atoms with Gasteiger partial charge < -0.3 is 10.1 Å². The zero-order valence-electron chi connectivity index (χ0n) is 12.7. The van der Waals surface area contributed by atoms with Crippen molar-refractivity contribution >= 4 is 6.09 Å². The van der Waals surface area contributed by atoms with Gasteiger partial charge in [0.25, 0.3) is 0 Å². The number of carbonyl (C=O) groups is 1. The molecule has 0 aromatic rings. The molecule has 1 aliphatic rings. The monoisotopic (exact) mass is 267 g/mol. The molecule has 1 aliphatic carbocycles. The van der Waals surface area contributed by atoms with Gasteiger partial charge in [-0.15, -0.1) is 0 Å². The fourth-order valence-electron chi connectivity index (χ4n) is 2.70. The van der Waals surface area contributed by atoms with Crippen molar-refractivity contribution in [2.24, 2.45) is 5.92 Å². The van der Waals surface area contributed by atoms with Gasteiger partial charge in [0, 0.05) is 6.54 Å². The number of carbonyl (C=O) groups excluding carboxylic acids is 1. The Bertz CT molecular complexity index is 287. The molecule has 0 fully saturated rings. The highest BCUT2D eigenvalue weighted by molar-refractivity contribution is 5.67. The molecular weight excluding hydrogens is 238 g/mol. The quantitative estimate of drug-likeness (QED) is 0.693. The lowest BCUT2D eigenvalue weighted by molar-refractivity contribution is 0.00156. The SMILES string of the molecule is CCC(CC)(CC)OC(=O)NCC[C@@H]1CC=CCC1. The van der Waals surface area contributed by atoms with E-state index >= 15 is 0 Å². The summed E-state index contributed by atoms with van der Waals surface area (Å²) in [5.41, 5.74) is -0.280. The molecular formula is C16H29NO2. The Hall–Kier alpha value is -0.990. The summed E-state index contributed by atoms with van der Waals surface area (Å²) in [5.74, 6) is 0.721. The summed E-state index contributed by atoms with van der Waals surface area (Å²) in [7, 11) is 0. The van der Waals surface area contributed by atoms with Gasteiger partial charge in [0.2, 0.25) is 0 Å². The Morgan fingerprint density at radius 1 is 1.26 bits per heavy atom. The van der Waals surface area contributed by atoms with E-state index in [-0.39, 0.29) is 11.7 Å². The van der Waals surface area contributed by atoms with Crippen molar-refractivity contribution in [3.8, 4) is 0 Å². The third kappa shape index (κ3) is 5.25. The Labute approximate surface area is 117 Å². The van der Waals surface area contributed by atoms with Crippen LogP contribution in [-0.2, 0) is 4.74 Å². The first kappa shape index (κ1) is 16.1. The Morgan fingerprint density at radius 3 is 2.47 bits per heavy atom. The van der Waals surface area contributed by atoms with Gasteiger partial charge in [-0.2, -0.15) is 0 Å². The van der Waals surface area contributed by atoms with Gasteiger partial charge in [0.05, 0.1) is 0 Å². The molecule has 1 rings (SSSR count). The second-order valence-electron chi connectivity index (χ2n) is 5.50. The Morgan fingerprint density at radius 2 is 1.95 bits per heavy atom. The van der Waals surface area contributed by atoms with Crippen LogP contribution in [0.4, 0.5) is 4.79 Å². The number of ether oxygens (including phenoxy) is 1. The molecule has 0 bridgehead atoms. The minimum absolute atomic E-state index is 0.253. The lowest BCUT2D eigenvalue weighted by Gasteiger charge is -2.30. The van der Waals surface area contributed by atoms with E-state index in [2.05, 4.69) is 38.2 Å². The maximum Gasteiger partial charge on any atom is 0.407 e. The molecule has 0 aromatic heterocycles. The number of amides is 1. The lowest BCUT2D eigenvalue weighted by atomic mass is 9.91. The standard InChI is InChI=1S/C16H29NO2/c1-4-16(5-2,6-3)19-15(18)17-13-12-14-10-8-7-9-11-14/h7-8,14H,4-6,9-13H2,1-3H3,(H,17,18)/t14-/m1/s1. The van der Waals surface area contributed by atoms with Crippen LogP contribution in [0.5, 0.6) is 0 Å². The van der Waals surface area contributed by atoms with E-state index in [1.165, 1.54) is 12.8 Å². The zero-order valence-corrected chi connectivity index (χ0v) is 12.7. The summed E-state index contributed by atoms with van der Waals surface area (Å²) >= 11 is 0. The molecule has 19 heavy (non-hydrogen) atoms. The molecule has 0 saturated heterocycles. The van der Waals surface area contributed by atoms with Gasteiger partial charge in [0.1, 0.15) is 5.60 Å². The summed E-state index contributed by atoms with van der Waals surface area (Å²) < 4.78 is 5.61. The summed E-state index contributed by atoms with van der Waals surface area (Å²) in [4.78, 5) is 11.8. The van der Waals surface area contributed by atoms with Crippen LogP contribution < -0.4 is 5.32 Å². The maximum absolute atomic E-state index is 11.8. The van der Waals surface area contributed by atoms with Crippen LogP contribution in [0.15, 0.2) is 12.2 Å². The van der Waals surface area contributed by atoms with E-state index in [9.17, 15) is 4.79 Å². The van der Waals surface area contributed by atoms with E-state index in [0.29, 0.717) is 0 Å². The molecule has 0 saturated carbocycles. The van der Waals surface area contributed by atoms with Gasteiger partial charge in [-0.3, -0.25) is 0 Å². The predicted octanol–water partition coefficient (Wildman–Crippen LogP) is 4.43. The van der Waals surface area contributed by atoms with Crippen LogP contribution in [-0.4, -0.2) is 18.2 Å². The van der Waals surface area contributed by atoms with Gasteiger partial charge in [0.15, 0.2) is 0 Å². The minimum atomic E-state index is -0.280. The summed E-state index contributed by atoms with van der Waals surface area (Å²) in [6, 6.07) is 0. The Kier molecular flexibility index (Phi) is 6.96. The Balaban J connectivity index is 2.25. The number of hydrogen-bond donors (Lipinski definition) is 1. The van der Waals surface area contributed by atoms with E-state index in [1.807, 2.05) is 0 Å². The fourth-order valence-corrected chi connectivity index (χ4v) is 2.70. The van der Waals surface area contributed by atoms with Gasteiger partial charge >= 0.3 is 6.09 Å². The van der Waals surface area contributed by atoms with Gasteiger partial charge in [-0.1, -0.05) is 32.9 Å². The van der Waals surface area contributed by atoms with Crippen molar-refractivity contribution in [1.29, 1.82) is 0 Å². The molecule has 3 nitrogen and oxygen atoms in total. The number of allylic oxidation sites excluding steroid dienone is 2. The average Bonchev–Trinajstić information content (AvgIpc) is 2.46. The first-order chi connectivity index (χ1) is 9.15. The highest BCUT2D eigenvalue weighted by atomic mass is 16.6. The minimum Gasteiger partial charge on any atom is -0.443 e. The number of hydrogen-bond acceptors (Lipinski definition) is 2. The van der Waals surface area contributed by atoms with Crippen LogP contribution in [0.25, 0.3) is 0 Å². The molecule has 0 spiro atoms. The average molecular weight is 267 g/mol. The number of alkyl carbamates (subject to hydrolysis) is 1. The normalized spacial score (nSPS) is 19.2. The molecule has 1 atom stereocenters. The first-order valence-corrected chi connectivity index (χ1v) is 7.77. The molecule has 0 aliphatic heterocycles. The largest absolute Gasteiger partial charge is 0.443 e. The van der Waals surface area contributed by atoms with Crippen LogP contribution in [0.1, 0.15) is 65.7 Å². The van der Waals surface area contributed by atoms with E-state index in [4.69, 9.17) is 4.74 Å². The van der Waals surface area contributed by atoms with Crippen LogP contribution in [0.2, 0.25) is 0 Å². The molecule has 0 heterocycles. The molecule has 110 valence electrons. The van der Waals surface area contributed by atoms with Crippen LogP contribution in [0, 0.1) is 5.92 Å².